The van der Waals surface area contributed by atoms with Gasteiger partial charge in [0.1, 0.15) is 13.1 Å². The lowest BCUT2D eigenvalue weighted by Crippen LogP contribution is -2.39. The highest BCUT2D eigenvalue weighted by molar-refractivity contribution is 7.89. The molecular weight excluding hydrogens is 310 g/mol. The first-order valence-corrected chi connectivity index (χ1v) is 7.17. The predicted molar refractivity (Wildman–Crippen MR) is 70.2 cm³/mol. The number of hydrogen-bond donors (Lipinski definition) is 2. The zero-order valence-electron chi connectivity index (χ0n) is 10.4. The third kappa shape index (κ3) is 3.69. The minimum atomic E-state index is -4.26. The van der Waals surface area contributed by atoms with Crippen molar-refractivity contribution in [1.29, 1.82) is 0 Å². The highest BCUT2D eigenvalue weighted by Gasteiger charge is 2.30. The van der Waals surface area contributed by atoms with Crippen LogP contribution in [0.2, 0.25) is 5.02 Å². The number of sulfonamides is 1. The number of benzene rings is 1. The van der Waals surface area contributed by atoms with Crippen molar-refractivity contribution in [3.05, 3.63) is 28.8 Å². The topological polar surface area (TPSA) is 112 Å². The van der Waals surface area contributed by atoms with Gasteiger partial charge in [0, 0.05) is 5.02 Å². The van der Waals surface area contributed by atoms with Gasteiger partial charge in [0.05, 0.1) is 4.90 Å². The van der Waals surface area contributed by atoms with Crippen molar-refractivity contribution in [2.24, 2.45) is 0 Å². The maximum atomic E-state index is 12.3. The lowest BCUT2D eigenvalue weighted by molar-refractivity contribution is -0.139. The Morgan fingerprint density at radius 3 is 2.15 bits per heavy atom. The fraction of sp³-hybridized carbons (Fsp3) is 0.273. The van der Waals surface area contributed by atoms with Crippen LogP contribution in [0.25, 0.3) is 0 Å². The minimum absolute atomic E-state index is 0.191. The first kappa shape index (κ1) is 16.4. The zero-order chi connectivity index (χ0) is 15.5. The van der Waals surface area contributed by atoms with E-state index in [1.807, 2.05) is 0 Å². The normalized spacial score (nSPS) is 11.6. The number of aliphatic carboxylic acids is 2. The average molecular weight is 322 g/mol. The molecule has 0 fully saturated rings. The number of carbonyl (C=O) groups is 2. The minimum Gasteiger partial charge on any atom is -0.480 e. The summed E-state index contributed by atoms with van der Waals surface area (Å²) in [6.07, 6.45) is 0. The van der Waals surface area contributed by atoms with Gasteiger partial charge in [-0.2, -0.15) is 4.31 Å². The molecule has 2 N–H and O–H groups in total. The second kappa shape index (κ2) is 6.21. The smallest absolute Gasteiger partial charge is 0.318 e. The molecule has 0 saturated carbocycles. The van der Waals surface area contributed by atoms with Crippen LogP contribution in [-0.2, 0) is 19.6 Å². The van der Waals surface area contributed by atoms with E-state index in [-0.39, 0.29) is 15.5 Å². The van der Waals surface area contributed by atoms with Gasteiger partial charge < -0.3 is 10.2 Å². The van der Waals surface area contributed by atoms with E-state index in [2.05, 4.69) is 0 Å². The molecular formula is C11H12ClNO6S. The molecule has 0 heterocycles. The predicted octanol–water partition coefficient (Wildman–Crippen LogP) is 0.808. The molecule has 0 atom stereocenters. The number of rotatable bonds is 6. The van der Waals surface area contributed by atoms with Crippen molar-refractivity contribution >= 4 is 33.6 Å². The Bertz CT molecular complexity index is 626. The third-order valence-electron chi connectivity index (χ3n) is 2.46. The van der Waals surface area contributed by atoms with Crippen LogP contribution < -0.4 is 0 Å². The summed E-state index contributed by atoms with van der Waals surface area (Å²) in [7, 11) is -4.26. The van der Waals surface area contributed by atoms with Crippen LogP contribution in [0.15, 0.2) is 23.1 Å². The second-order valence-corrected chi connectivity index (χ2v) is 6.24. The van der Waals surface area contributed by atoms with Crippen molar-refractivity contribution in [3.8, 4) is 0 Å². The monoisotopic (exact) mass is 321 g/mol. The van der Waals surface area contributed by atoms with Crippen molar-refractivity contribution in [2.75, 3.05) is 13.1 Å². The molecule has 0 aromatic heterocycles. The van der Waals surface area contributed by atoms with Gasteiger partial charge in [0.25, 0.3) is 0 Å². The van der Waals surface area contributed by atoms with Gasteiger partial charge in [-0.1, -0.05) is 17.7 Å². The molecule has 1 aromatic rings. The van der Waals surface area contributed by atoms with Crippen LogP contribution >= 0.6 is 11.6 Å². The van der Waals surface area contributed by atoms with E-state index < -0.39 is 35.1 Å². The fourth-order valence-corrected chi connectivity index (χ4v) is 3.35. The first-order valence-electron chi connectivity index (χ1n) is 5.35. The van der Waals surface area contributed by atoms with Crippen LogP contribution in [0.5, 0.6) is 0 Å². The Morgan fingerprint density at radius 1 is 1.20 bits per heavy atom. The Balaban J connectivity index is 3.32. The largest absolute Gasteiger partial charge is 0.480 e. The van der Waals surface area contributed by atoms with E-state index in [1.165, 1.54) is 25.1 Å². The van der Waals surface area contributed by atoms with Crippen LogP contribution in [0, 0.1) is 6.92 Å². The first-order chi connectivity index (χ1) is 9.16. The Kier molecular flexibility index (Phi) is 5.09. The molecule has 110 valence electrons. The zero-order valence-corrected chi connectivity index (χ0v) is 12.0. The molecule has 0 radical (unpaired) electrons. The van der Waals surface area contributed by atoms with Crippen LogP contribution in [-0.4, -0.2) is 48.0 Å². The van der Waals surface area contributed by atoms with Gasteiger partial charge >= 0.3 is 11.9 Å². The summed E-state index contributed by atoms with van der Waals surface area (Å²) >= 11 is 5.82. The molecule has 20 heavy (non-hydrogen) atoms. The Morgan fingerprint density at radius 2 is 1.70 bits per heavy atom. The molecule has 0 aliphatic heterocycles. The Hall–Kier alpha value is -1.64. The van der Waals surface area contributed by atoms with Gasteiger partial charge in [-0.25, -0.2) is 8.42 Å². The SMILES string of the molecule is Cc1c(Cl)cccc1S(=O)(=O)N(CC(=O)O)CC(=O)O. The van der Waals surface area contributed by atoms with Crippen LogP contribution in [0.4, 0.5) is 0 Å². The Labute approximate surface area is 120 Å². The van der Waals surface area contributed by atoms with Gasteiger partial charge in [0.15, 0.2) is 0 Å². The average Bonchev–Trinajstić information content (AvgIpc) is 2.30. The number of nitrogens with zero attached hydrogens (tertiary/aromatic N) is 1. The van der Waals surface area contributed by atoms with E-state index in [0.717, 1.165) is 0 Å². The summed E-state index contributed by atoms with van der Waals surface area (Å²) in [5.41, 5.74) is 0.231. The van der Waals surface area contributed by atoms with E-state index in [4.69, 9.17) is 21.8 Å². The number of carboxylic acid groups (broad SMARTS) is 2. The van der Waals surface area contributed by atoms with Gasteiger partial charge in [0.2, 0.25) is 10.0 Å². The fourth-order valence-electron chi connectivity index (χ4n) is 1.53. The van der Waals surface area contributed by atoms with Crippen molar-refractivity contribution in [1.82, 2.24) is 4.31 Å². The molecule has 0 unspecified atom stereocenters. The molecule has 7 nitrogen and oxygen atoms in total. The summed E-state index contributed by atoms with van der Waals surface area (Å²) in [5, 5.41) is 17.6. The number of hydrogen-bond acceptors (Lipinski definition) is 4. The van der Waals surface area contributed by atoms with Crippen LogP contribution in [0.3, 0.4) is 0 Å². The molecule has 0 amide bonds. The van der Waals surface area contributed by atoms with E-state index in [9.17, 15) is 18.0 Å². The lowest BCUT2D eigenvalue weighted by atomic mass is 10.2. The third-order valence-corrected chi connectivity index (χ3v) is 4.80. The van der Waals surface area contributed by atoms with Gasteiger partial charge in [-0.05, 0) is 24.6 Å². The molecule has 1 rings (SSSR count). The van der Waals surface area contributed by atoms with Crippen molar-refractivity contribution in [2.45, 2.75) is 11.8 Å². The number of carboxylic acids is 2. The molecule has 1 aromatic carbocycles. The van der Waals surface area contributed by atoms with E-state index in [1.54, 1.807) is 0 Å². The molecule has 0 saturated heterocycles. The quantitative estimate of drug-likeness (QED) is 0.801. The summed E-state index contributed by atoms with van der Waals surface area (Å²) < 4.78 is 25.0. The van der Waals surface area contributed by atoms with Crippen LogP contribution in [0.1, 0.15) is 5.56 Å². The molecule has 0 aliphatic rings. The maximum absolute atomic E-state index is 12.3. The second-order valence-electron chi connectivity index (χ2n) is 3.92. The number of halogens is 1. The molecule has 0 spiro atoms. The van der Waals surface area contributed by atoms with E-state index in [0.29, 0.717) is 4.31 Å². The van der Waals surface area contributed by atoms with E-state index >= 15 is 0 Å². The summed E-state index contributed by atoms with van der Waals surface area (Å²) in [6.45, 7) is -0.434. The summed E-state index contributed by atoms with van der Waals surface area (Å²) in [6, 6.07) is 4.11. The highest BCUT2D eigenvalue weighted by Crippen LogP contribution is 2.25. The van der Waals surface area contributed by atoms with Gasteiger partial charge in [-0.15, -0.1) is 0 Å². The highest BCUT2D eigenvalue weighted by atomic mass is 35.5. The standard InChI is InChI=1S/C11H12ClNO6S/c1-7-8(12)3-2-4-9(7)20(18,19)13(5-10(14)15)6-11(16)17/h2-4H,5-6H2,1H3,(H,14,15)(H,16,17). The molecule has 0 bridgehead atoms. The summed E-state index contributed by atoms with van der Waals surface area (Å²) in [4.78, 5) is 21.2. The maximum Gasteiger partial charge on any atom is 0.318 e. The molecule has 0 aliphatic carbocycles. The van der Waals surface area contributed by atoms with Crippen molar-refractivity contribution < 1.29 is 28.2 Å². The summed E-state index contributed by atoms with van der Waals surface area (Å²) in [5.74, 6) is -2.90. The lowest BCUT2D eigenvalue weighted by Gasteiger charge is -2.19. The molecule has 9 heteroatoms. The van der Waals surface area contributed by atoms with Gasteiger partial charge in [-0.3, -0.25) is 9.59 Å². The van der Waals surface area contributed by atoms with Crippen molar-refractivity contribution in [3.63, 3.8) is 0 Å².